The van der Waals surface area contributed by atoms with E-state index in [-0.39, 0.29) is 0 Å². The molecule has 3 heteroatoms. The summed E-state index contributed by atoms with van der Waals surface area (Å²) >= 11 is 0. The van der Waals surface area contributed by atoms with Crippen molar-refractivity contribution in [2.75, 3.05) is 0 Å². The number of unbranched alkanes of at least 4 members (excludes halogenated alkanes) is 2. The highest BCUT2D eigenvalue weighted by Crippen LogP contribution is 2.12. The van der Waals surface area contributed by atoms with Crippen molar-refractivity contribution in [3.8, 4) is 23.7 Å². The first-order chi connectivity index (χ1) is 19.6. The average Bonchev–Trinajstić information content (AvgIpc) is 2.95. The SMILES string of the molecule is Cc1cccc[n+]1CCCC#Cc1cc(C#CCCC[n+]2ccccc2C)cc(CCC[n+]2ccccc2C)c1. The van der Waals surface area contributed by atoms with E-state index in [0.29, 0.717) is 0 Å². The van der Waals surface area contributed by atoms with Crippen molar-refractivity contribution in [1.29, 1.82) is 0 Å². The summed E-state index contributed by atoms with van der Waals surface area (Å²) in [4.78, 5) is 0. The van der Waals surface area contributed by atoms with Crippen LogP contribution in [0, 0.1) is 44.5 Å². The molecule has 0 spiro atoms. The minimum atomic E-state index is 0.882. The van der Waals surface area contributed by atoms with Crippen molar-refractivity contribution in [1.82, 2.24) is 0 Å². The van der Waals surface area contributed by atoms with Crippen LogP contribution in [0.25, 0.3) is 0 Å². The van der Waals surface area contributed by atoms with Gasteiger partial charge in [0.15, 0.2) is 35.7 Å². The molecule has 0 unspecified atom stereocenters. The molecule has 0 saturated carbocycles. The third kappa shape index (κ3) is 9.21. The summed E-state index contributed by atoms with van der Waals surface area (Å²) in [5, 5.41) is 0. The molecule has 0 aliphatic heterocycles. The van der Waals surface area contributed by atoms with Gasteiger partial charge in [-0.25, -0.2) is 13.7 Å². The van der Waals surface area contributed by atoms with Gasteiger partial charge in [-0.15, -0.1) is 0 Å². The van der Waals surface area contributed by atoms with Crippen LogP contribution in [0.4, 0.5) is 0 Å². The lowest BCUT2D eigenvalue weighted by atomic mass is 10.0. The normalized spacial score (nSPS) is 10.4. The molecule has 3 aromatic heterocycles. The molecule has 0 bridgehead atoms. The van der Waals surface area contributed by atoms with Gasteiger partial charge in [0.1, 0.15) is 19.6 Å². The van der Waals surface area contributed by atoms with Crippen LogP contribution in [0.2, 0.25) is 0 Å². The van der Waals surface area contributed by atoms with Crippen LogP contribution in [-0.4, -0.2) is 0 Å². The minimum absolute atomic E-state index is 0.882. The lowest BCUT2D eigenvalue weighted by molar-refractivity contribution is -0.703. The molecule has 0 aliphatic carbocycles. The molecule has 3 nitrogen and oxygen atoms in total. The zero-order chi connectivity index (χ0) is 28.0. The molecule has 4 aromatic rings. The van der Waals surface area contributed by atoms with Crippen molar-refractivity contribution in [3.05, 3.63) is 125 Å². The van der Waals surface area contributed by atoms with Gasteiger partial charge in [0.05, 0.1) is 0 Å². The van der Waals surface area contributed by atoms with Gasteiger partial charge in [-0.1, -0.05) is 41.9 Å². The second kappa shape index (κ2) is 15.4. The van der Waals surface area contributed by atoms with Crippen molar-refractivity contribution >= 4 is 0 Å². The molecule has 1 aromatic carbocycles. The molecule has 202 valence electrons. The molecule has 0 amide bonds. The average molecular weight is 529 g/mol. The number of benzene rings is 1. The minimum Gasteiger partial charge on any atom is -0.203 e. The first-order valence-corrected chi connectivity index (χ1v) is 14.6. The van der Waals surface area contributed by atoms with Crippen molar-refractivity contribution in [2.45, 2.75) is 78.9 Å². The van der Waals surface area contributed by atoms with Gasteiger partial charge in [0.25, 0.3) is 0 Å². The zero-order valence-electron chi connectivity index (χ0n) is 24.4. The maximum absolute atomic E-state index is 3.44. The Morgan fingerprint density at radius 2 is 0.950 bits per heavy atom. The molecule has 0 fully saturated rings. The quantitative estimate of drug-likeness (QED) is 0.141. The number of aryl methyl sites for hydroxylation is 7. The molecule has 4 rings (SSSR count). The third-order valence-corrected chi connectivity index (χ3v) is 7.23. The Balaban J connectivity index is 1.39. The highest BCUT2D eigenvalue weighted by molar-refractivity contribution is 5.46. The van der Waals surface area contributed by atoms with Gasteiger partial charge in [0, 0.05) is 100 Å². The van der Waals surface area contributed by atoms with Gasteiger partial charge < -0.3 is 0 Å². The molecular weight excluding hydrogens is 486 g/mol. The summed E-state index contributed by atoms with van der Waals surface area (Å²) in [7, 11) is 0. The van der Waals surface area contributed by atoms with E-state index in [0.717, 1.165) is 69.3 Å². The van der Waals surface area contributed by atoms with Crippen LogP contribution in [-0.2, 0) is 26.1 Å². The van der Waals surface area contributed by atoms with Crippen LogP contribution in [0.3, 0.4) is 0 Å². The molecule has 3 heterocycles. The van der Waals surface area contributed by atoms with Gasteiger partial charge in [-0.3, -0.25) is 0 Å². The molecule has 0 aliphatic rings. The fourth-order valence-corrected chi connectivity index (χ4v) is 4.88. The number of nitrogens with zero attached hydrogens (tertiary/aromatic N) is 3. The molecule has 40 heavy (non-hydrogen) atoms. The lowest BCUT2D eigenvalue weighted by Gasteiger charge is -2.04. The predicted molar refractivity (Wildman–Crippen MR) is 161 cm³/mol. The van der Waals surface area contributed by atoms with E-state index in [4.69, 9.17) is 0 Å². The van der Waals surface area contributed by atoms with E-state index in [1.807, 2.05) is 0 Å². The highest BCUT2D eigenvalue weighted by Gasteiger charge is 2.06. The number of rotatable bonds is 10. The summed E-state index contributed by atoms with van der Waals surface area (Å²) in [6, 6.07) is 25.7. The van der Waals surface area contributed by atoms with Crippen LogP contribution in [0.5, 0.6) is 0 Å². The Kier molecular flexibility index (Phi) is 11.1. The van der Waals surface area contributed by atoms with Gasteiger partial charge >= 0.3 is 0 Å². The lowest BCUT2D eigenvalue weighted by Crippen LogP contribution is -2.36. The topological polar surface area (TPSA) is 11.6 Å². The first-order valence-electron chi connectivity index (χ1n) is 14.6. The summed E-state index contributed by atoms with van der Waals surface area (Å²) in [6.45, 7) is 9.47. The Morgan fingerprint density at radius 1 is 0.525 bits per heavy atom. The number of aromatic nitrogens is 3. The van der Waals surface area contributed by atoms with Crippen LogP contribution >= 0.6 is 0 Å². The second-order valence-corrected chi connectivity index (χ2v) is 10.4. The van der Waals surface area contributed by atoms with E-state index in [1.165, 1.54) is 22.6 Å². The van der Waals surface area contributed by atoms with E-state index in [2.05, 4.69) is 150 Å². The van der Waals surface area contributed by atoms with Crippen LogP contribution < -0.4 is 13.7 Å². The third-order valence-electron chi connectivity index (χ3n) is 7.23. The summed E-state index contributed by atoms with van der Waals surface area (Å²) < 4.78 is 6.91. The zero-order valence-corrected chi connectivity index (χ0v) is 24.4. The van der Waals surface area contributed by atoms with Crippen molar-refractivity contribution in [2.24, 2.45) is 0 Å². The van der Waals surface area contributed by atoms with Crippen molar-refractivity contribution in [3.63, 3.8) is 0 Å². The van der Waals surface area contributed by atoms with Gasteiger partial charge in [-0.05, 0) is 30.2 Å². The maximum atomic E-state index is 3.44. The van der Waals surface area contributed by atoms with E-state index < -0.39 is 0 Å². The molecule has 0 radical (unpaired) electrons. The van der Waals surface area contributed by atoms with Crippen molar-refractivity contribution < 1.29 is 13.7 Å². The molecular formula is C37H42N3+3. The highest BCUT2D eigenvalue weighted by atomic mass is 15.0. The molecule has 0 N–H and O–H groups in total. The largest absolute Gasteiger partial charge is 0.203 e. The predicted octanol–water partition coefficient (Wildman–Crippen LogP) is 5.77. The fourth-order valence-electron chi connectivity index (χ4n) is 4.88. The summed E-state index contributed by atoms with van der Waals surface area (Å²) in [6.07, 6.45) is 12.4. The summed E-state index contributed by atoms with van der Waals surface area (Å²) in [5.74, 6) is 13.7. The smallest absolute Gasteiger partial charge is 0.178 e. The standard InChI is InChI=1S/C37H42N3/c1-32-17-8-13-25-38(32)23-11-4-6-20-35-29-36(21-7-5-12-24-39-26-14-9-18-33(39)2)31-37(30-35)22-16-28-40-27-15-10-19-34(40)3/h8-10,13-15,17-19,25-27,29-31H,4-5,11-12,16,22-24,28H2,1-3H3/q+3. The summed E-state index contributed by atoms with van der Waals surface area (Å²) in [5.41, 5.74) is 7.33. The van der Waals surface area contributed by atoms with Gasteiger partial charge in [0.2, 0.25) is 0 Å². The van der Waals surface area contributed by atoms with E-state index in [1.54, 1.807) is 0 Å². The monoisotopic (exact) mass is 528 g/mol. The maximum Gasteiger partial charge on any atom is 0.178 e. The Hall–Kier alpha value is -4.21. The Morgan fingerprint density at radius 3 is 1.38 bits per heavy atom. The molecule has 0 saturated heterocycles. The molecule has 0 atom stereocenters. The van der Waals surface area contributed by atoms with E-state index in [9.17, 15) is 0 Å². The Labute approximate surface area is 241 Å². The van der Waals surface area contributed by atoms with Crippen LogP contribution in [0.1, 0.15) is 65.9 Å². The van der Waals surface area contributed by atoms with Crippen LogP contribution in [0.15, 0.2) is 91.4 Å². The first kappa shape index (κ1) is 28.8. The number of hydrogen-bond donors (Lipinski definition) is 0. The van der Waals surface area contributed by atoms with E-state index >= 15 is 0 Å². The fraction of sp³-hybridized carbons (Fsp3) is 0.324. The van der Waals surface area contributed by atoms with Gasteiger partial charge in [-0.2, -0.15) is 0 Å². The number of hydrogen-bond acceptors (Lipinski definition) is 0. The number of pyridine rings is 3. The Bertz CT molecular complexity index is 1440. The second-order valence-electron chi connectivity index (χ2n) is 10.4.